The Kier molecular flexibility index (Phi) is 4.10. The summed E-state index contributed by atoms with van der Waals surface area (Å²) in [7, 11) is -3.60. The summed E-state index contributed by atoms with van der Waals surface area (Å²) >= 11 is 0. The van der Waals surface area contributed by atoms with Crippen LogP contribution >= 0.6 is 0 Å². The summed E-state index contributed by atoms with van der Waals surface area (Å²) in [6, 6.07) is 3.44. The van der Waals surface area contributed by atoms with Crippen LogP contribution in [0, 0.1) is 13.8 Å². The number of aryl methyl sites for hydroxylation is 1. The predicted octanol–water partition coefficient (Wildman–Crippen LogP) is 0.411. The lowest BCUT2D eigenvalue weighted by Crippen LogP contribution is -2.48. The fraction of sp³-hybridized carbons (Fsp3) is 0.500. The Bertz CT molecular complexity index is 566. The topological polar surface area (TPSA) is 84.7 Å². The second-order valence-electron chi connectivity index (χ2n) is 4.62. The number of hydrogen-bond donors (Lipinski definition) is 2. The minimum absolute atomic E-state index is 0.263. The minimum atomic E-state index is -3.60. The van der Waals surface area contributed by atoms with E-state index in [9.17, 15) is 8.42 Å². The summed E-state index contributed by atoms with van der Waals surface area (Å²) < 4.78 is 30.1. The molecule has 1 aromatic carbocycles. The van der Waals surface area contributed by atoms with E-state index in [4.69, 9.17) is 10.5 Å². The van der Waals surface area contributed by atoms with Crippen molar-refractivity contribution in [1.29, 1.82) is 0 Å². The standard InChI is InChI=1S/C12H19N3O3S/c1-9-3-4-11(13)10(2)12(9)19(16,17)14-15-5-7-18-8-6-15/h3-4,14H,5-8,13H2,1-2H3. The van der Waals surface area contributed by atoms with Gasteiger partial charge in [0, 0.05) is 18.8 Å². The van der Waals surface area contributed by atoms with Crippen LogP contribution < -0.4 is 10.6 Å². The van der Waals surface area contributed by atoms with Crippen molar-refractivity contribution in [1.82, 2.24) is 9.84 Å². The van der Waals surface area contributed by atoms with Gasteiger partial charge in [0.1, 0.15) is 0 Å². The molecule has 0 atom stereocenters. The normalized spacial score (nSPS) is 17.6. The van der Waals surface area contributed by atoms with Gasteiger partial charge in [-0.05, 0) is 31.0 Å². The molecule has 0 bridgehead atoms. The zero-order valence-electron chi connectivity index (χ0n) is 11.1. The Morgan fingerprint density at radius 3 is 2.53 bits per heavy atom. The molecule has 1 aliphatic rings. The molecule has 1 heterocycles. The molecule has 0 saturated carbocycles. The highest BCUT2D eigenvalue weighted by molar-refractivity contribution is 7.89. The third-order valence-corrected chi connectivity index (χ3v) is 4.84. The molecule has 19 heavy (non-hydrogen) atoms. The number of nitrogens with one attached hydrogen (secondary N) is 1. The number of nitrogens with zero attached hydrogens (tertiary/aromatic N) is 1. The Balaban J connectivity index is 2.31. The van der Waals surface area contributed by atoms with Gasteiger partial charge in [0.15, 0.2) is 0 Å². The highest BCUT2D eigenvalue weighted by Crippen LogP contribution is 2.24. The number of sulfonamides is 1. The molecule has 3 N–H and O–H groups in total. The Morgan fingerprint density at radius 1 is 1.26 bits per heavy atom. The molecule has 0 aliphatic carbocycles. The number of rotatable bonds is 3. The van der Waals surface area contributed by atoms with Crippen molar-refractivity contribution in [2.24, 2.45) is 0 Å². The Hall–Kier alpha value is -1.15. The van der Waals surface area contributed by atoms with Gasteiger partial charge in [0.25, 0.3) is 10.0 Å². The fourth-order valence-electron chi connectivity index (χ4n) is 2.13. The summed E-state index contributed by atoms with van der Waals surface area (Å²) in [6.45, 7) is 5.62. The third-order valence-electron chi connectivity index (χ3n) is 3.17. The van der Waals surface area contributed by atoms with Gasteiger partial charge in [-0.2, -0.15) is 0 Å². The van der Waals surface area contributed by atoms with Gasteiger partial charge in [0.2, 0.25) is 0 Å². The molecule has 0 unspecified atom stereocenters. The fourth-order valence-corrected chi connectivity index (χ4v) is 3.75. The van der Waals surface area contributed by atoms with E-state index in [1.54, 1.807) is 31.0 Å². The zero-order chi connectivity index (χ0) is 14.0. The predicted molar refractivity (Wildman–Crippen MR) is 73.0 cm³/mol. The average Bonchev–Trinajstić information content (AvgIpc) is 2.35. The van der Waals surface area contributed by atoms with Crippen LogP contribution in [0.3, 0.4) is 0 Å². The molecule has 7 heteroatoms. The van der Waals surface area contributed by atoms with Crippen molar-refractivity contribution < 1.29 is 13.2 Å². The van der Waals surface area contributed by atoms with Crippen LogP contribution in [0.1, 0.15) is 11.1 Å². The van der Waals surface area contributed by atoms with E-state index in [0.29, 0.717) is 43.1 Å². The van der Waals surface area contributed by atoms with Gasteiger partial charge < -0.3 is 10.5 Å². The summed E-state index contributed by atoms with van der Waals surface area (Å²) in [5.41, 5.74) is 7.54. The van der Waals surface area contributed by atoms with Gasteiger partial charge >= 0.3 is 0 Å². The van der Waals surface area contributed by atoms with E-state index in [1.807, 2.05) is 0 Å². The SMILES string of the molecule is Cc1ccc(N)c(C)c1S(=O)(=O)NN1CCOCC1. The lowest BCUT2D eigenvalue weighted by molar-refractivity contribution is 0.0272. The van der Waals surface area contributed by atoms with Gasteiger partial charge in [-0.25, -0.2) is 13.4 Å². The minimum Gasteiger partial charge on any atom is -0.398 e. The molecular formula is C12H19N3O3S. The smallest absolute Gasteiger partial charge is 0.254 e. The quantitative estimate of drug-likeness (QED) is 0.786. The summed E-state index contributed by atoms with van der Waals surface area (Å²) in [6.07, 6.45) is 0. The number of nitrogen functional groups attached to an aromatic ring is 1. The molecule has 1 aromatic rings. The molecule has 0 aromatic heterocycles. The van der Waals surface area contributed by atoms with E-state index < -0.39 is 10.0 Å². The van der Waals surface area contributed by atoms with E-state index >= 15 is 0 Å². The maximum Gasteiger partial charge on any atom is 0.254 e. The van der Waals surface area contributed by atoms with Crippen LogP contribution in [0.2, 0.25) is 0 Å². The molecule has 2 rings (SSSR count). The van der Waals surface area contributed by atoms with Crippen molar-refractivity contribution in [2.45, 2.75) is 18.7 Å². The monoisotopic (exact) mass is 285 g/mol. The Labute approximate surface area is 113 Å². The van der Waals surface area contributed by atoms with Gasteiger partial charge in [-0.1, -0.05) is 6.07 Å². The van der Waals surface area contributed by atoms with Crippen LogP contribution in [0.15, 0.2) is 17.0 Å². The third kappa shape index (κ3) is 3.06. The maximum absolute atomic E-state index is 12.4. The number of hydrazine groups is 1. The van der Waals surface area contributed by atoms with Gasteiger partial charge in [-0.3, -0.25) is 0 Å². The summed E-state index contributed by atoms with van der Waals surface area (Å²) in [4.78, 5) is 2.85. The molecule has 1 saturated heterocycles. The zero-order valence-corrected chi connectivity index (χ0v) is 12.0. The largest absolute Gasteiger partial charge is 0.398 e. The van der Waals surface area contributed by atoms with Gasteiger partial charge in [0.05, 0.1) is 18.1 Å². The highest BCUT2D eigenvalue weighted by Gasteiger charge is 2.24. The van der Waals surface area contributed by atoms with Crippen molar-refractivity contribution >= 4 is 15.7 Å². The second kappa shape index (κ2) is 5.46. The second-order valence-corrected chi connectivity index (χ2v) is 6.22. The average molecular weight is 285 g/mol. The molecule has 0 spiro atoms. The first-order chi connectivity index (χ1) is 8.92. The van der Waals surface area contributed by atoms with Crippen LogP contribution in [0.5, 0.6) is 0 Å². The first-order valence-electron chi connectivity index (χ1n) is 6.12. The van der Waals surface area contributed by atoms with Crippen LogP contribution in [0.25, 0.3) is 0 Å². The van der Waals surface area contributed by atoms with Crippen LogP contribution in [-0.2, 0) is 14.8 Å². The first kappa shape index (κ1) is 14.3. The van der Waals surface area contributed by atoms with E-state index in [1.165, 1.54) is 0 Å². The number of morpholine rings is 1. The molecule has 0 radical (unpaired) electrons. The molecule has 1 aliphatic heterocycles. The van der Waals surface area contributed by atoms with Crippen LogP contribution in [0.4, 0.5) is 5.69 Å². The van der Waals surface area contributed by atoms with Crippen molar-refractivity contribution in [2.75, 3.05) is 32.0 Å². The van der Waals surface area contributed by atoms with E-state index in [-0.39, 0.29) is 4.90 Å². The molecule has 106 valence electrons. The lowest BCUT2D eigenvalue weighted by Gasteiger charge is -2.27. The number of benzene rings is 1. The molecular weight excluding hydrogens is 266 g/mol. The molecule has 1 fully saturated rings. The number of anilines is 1. The maximum atomic E-state index is 12.4. The van der Waals surface area contributed by atoms with E-state index in [0.717, 1.165) is 0 Å². The van der Waals surface area contributed by atoms with Crippen LogP contribution in [-0.4, -0.2) is 39.7 Å². The van der Waals surface area contributed by atoms with Crippen molar-refractivity contribution in [3.05, 3.63) is 23.3 Å². The number of nitrogens with two attached hydrogens (primary N) is 1. The lowest BCUT2D eigenvalue weighted by atomic mass is 10.1. The van der Waals surface area contributed by atoms with Crippen molar-refractivity contribution in [3.63, 3.8) is 0 Å². The van der Waals surface area contributed by atoms with Gasteiger partial charge in [-0.15, -0.1) is 4.83 Å². The highest BCUT2D eigenvalue weighted by atomic mass is 32.2. The molecule has 0 amide bonds. The number of ether oxygens (including phenoxy) is 1. The first-order valence-corrected chi connectivity index (χ1v) is 7.61. The van der Waals surface area contributed by atoms with E-state index in [2.05, 4.69) is 4.83 Å². The Morgan fingerprint density at radius 2 is 1.89 bits per heavy atom. The summed E-state index contributed by atoms with van der Waals surface area (Å²) in [5, 5.41) is 1.65. The summed E-state index contributed by atoms with van der Waals surface area (Å²) in [5.74, 6) is 0. The van der Waals surface area contributed by atoms with Crippen molar-refractivity contribution in [3.8, 4) is 0 Å². The molecule has 6 nitrogen and oxygen atoms in total. The number of hydrogen-bond acceptors (Lipinski definition) is 5.